The van der Waals surface area contributed by atoms with Crippen LogP contribution in [-0.2, 0) is 0 Å². The van der Waals surface area contributed by atoms with Gasteiger partial charge in [-0.05, 0) is 23.2 Å². The van der Waals surface area contributed by atoms with Gasteiger partial charge in [0, 0.05) is 5.92 Å². The van der Waals surface area contributed by atoms with Crippen molar-refractivity contribution in [3.8, 4) is 11.5 Å². The number of hydrogen-bond acceptors (Lipinski definition) is 0. The predicted molar refractivity (Wildman–Crippen MR) is 79.8 cm³/mol. The second-order valence-corrected chi connectivity index (χ2v) is 7.31. The summed E-state index contributed by atoms with van der Waals surface area (Å²) in [4.78, 5) is 0. The van der Waals surface area contributed by atoms with E-state index in [2.05, 4.69) is 72.1 Å². The minimum Gasteiger partial charge on any atom is -0.124 e. The van der Waals surface area contributed by atoms with Gasteiger partial charge in [0.15, 0.2) is 8.80 Å². The fraction of sp³-hybridized carbons (Fsp3) is 0.176. The van der Waals surface area contributed by atoms with Gasteiger partial charge < -0.3 is 0 Å². The molecule has 1 aliphatic carbocycles. The Kier molecular flexibility index (Phi) is 3.30. The van der Waals surface area contributed by atoms with Crippen molar-refractivity contribution in [3.63, 3.8) is 0 Å². The SMILES string of the molecule is C(#C[SiH](c1ccccc1)c1ccccc1)C1CC1. The lowest BCUT2D eigenvalue weighted by molar-refractivity contribution is 1.18. The van der Waals surface area contributed by atoms with E-state index >= 15 is 0 Å². The Balaban J connectivity index is 1.96. The van der Waals surface area contributed by atoms with Crippen LogP contribution in [-0.4, -0.2) is 8.80 Å². The van der Waals surface area contributed by atoms with Gasteiger partial charge in [-0.3, -0.25) is 0 Å². The van der Waals surface area contributed by atoms with E-state index in [0.717, 1.165) is 0 Å². The van der Waals surface area contributed by atoms with Crippen molar-refractivity contribution in [3.05, 3.63) is 60.7 Å². The molecule has 0 atom stereocenters. The van der Waals surface area contributed by atoms with Crippen LogP contribution in [0.25, 0.3) is 0 Å². The average Bonchev–Trinajstić information content (AvgIpc) is 3.26. The molecule has 3 rings (SSSR count). The average molecular weight is 248 g/mol. The van der Waals surface area contributed by atoms with E-state index in [1.807, 2.05) is 0 Å². The van der Waals surface area contributed by atoms with E-state index in [0.29, 0.717) is 5.92 Å². The van der Waals surface area contributed by atoms with Gasteiger partial charge in [0.25, 0.3) is 0 Å². The normalized spacial score (nSPS) is 14.1. The quantitative estimate of drug-likeness (QED) is 0.563. The molecule has 0 bridgehead atoms. The van der Waals surface area contributed by atoms with Crippen LogP contribution in [0, 0.1) is 17.4 Å². The lowest BCUT2D eigenvalue weighted by atomic mass is 10.4. The molecule has 1 aliphatic rings. The first kappa shape index (κ1) is 11.3. The zero-order valence-corrected chi connectivity index (χ0v) is 11.5. The summed E-state index contributed by atoms with van der Waals surface area (Å²) in [5.74, 6) is 4.15. The molecule has 1 heteroatoms. The minimum absolute atomic E-state index is 0.687. The second kappa shape index (κ2) is 5.24. The molecule has 0 amide bonds. The molecule has 0 unspecified atom stereocenters. The Morgan fingerprint density at radius 3 is 1.72 bits per heavy atom. The lowest BCUT2D eigenvalue weighted by Gasteiger charge is -2.09. The maximum Gasteiger partial charge on any atom is 0.183 e. The molecule has 2 aromatic carbocycles. The predicted octanol–water partition coefficient (Wildman–Crippen LogP) is 1.98. The summed E-state index contributed by atoms with van der Waals surface area (Å²) in [7, 11) is -1.33. The first-order valence-corrected chi connectivity index (χ1v) is 8.27. The van der Waals surface area contributed by atoms with Gasteiger partial charge in [0.2, 0.25) is 0 Å². The van der Waals surface area contributed by atoms with Gasteiger partial charge >= 0.3 is 0 Å². The standard InChI is InChI=1S/C17H16Si/c1-3-7-16(8-4-1)18(14-13-15-11-12-15)17-9-5-2-6-10-17/h1-10,15,18H,11-12H2. The molecule has 0 nitrogen and oxygen atoms in total. The van der Waals surface area contributed by atoms with E-state index < -0.39 is 8.80 Å². The first-order valence-electron chi connectivity index (χ1n) is 6.54. The topological polar surface area (TPSA) is 0 Å². The highest BCUT2D eigenvalue weighted by atomic mass is 28.3. The fourth-order valence-electron chi connectivity index (χ4n) is 2.08. The third-order valence-electron chi connectivity index (χ3n) is 3.27. The second-order valence-electron chi connectivity index (χ2n) is 4.82. The first-order chi connectivity index (χ1) is 8.93. The van der Waals surface area contributed by atoms with E-state index in [9.17, 15) is 0 Å². The molecule has 0 aliphatic heterocycles. The molecule has 0 radical (unpaired) electrons. The van der Waals surface area contributed by atoms with Crippen LogP contribution < -0.4 is 10.4 Å². The van der Waals surface area contributed by atoms with Gasteiger partial charge in [-0.2, -0.15) is 0 Å². The Bertz CT molecular complexity index is 519. The molecular weight excluding hydrogens is 232 g/mol. The van der Waals surface area contributed by atoms with Crippen molar-refractivity contribution < 1.29 is 0 Å². The van der Waals surface area contributed by atoms with Crippen LogP contribution >= 0.6 is 0 Å². The molecule has 0 heterocycles. The van der Waals surface area contributed by atoms with Crippen molar-refractivity contribution in [1.82, 2.24) is 0 Å². The van der Waals surface area contributed by atoms with Crippen LogP contribution in [0.3, 0.4) is 0 Å². The van der Waals surface area contributed by atoms with Crippen LogP contribution in [0.15, 0.2) is 60.7 Å². The van der Waals surface area contributed by atoms with Crippen molar-refractivity contribution >= 4 is 19.2 Å². The molecule has 0 spiro atoms. The summed E-state index contributed by atoms with van der Waals surface area (Å²) in [6, 6.07) is 21.6. The maximum absolute atomic E-state index is 3.60. The van der Waals surface area contributed by atoms with E-state index in [4.69, 9.17) is 0 Å². The molecule has 88 valence electrons. The summed E-state index contributed by atoms with van der Waals surface area (Å²) < 4.78 is 0. The number of rotatable bonds is 2. The molecule has 1 saturated carbocycles. The van der Waals surface area contributed by atoms with Crippen LogP contribution in [0.5, 0.6) is 0 Å². The Labute approximate surface area is 110 Å². The third kappa shape index (κ3) is 2.72. The summed E-state index contributed by atoms with van der Waals surface area (Å²) in [6.07, 6.45) is 2.61. The molecule has 18 heavy (non-hydrogen) atoms. The molecule has 0 N–H and O–H groups in total. The minimum atomic E-state index is -1.33. The van der Waals surface area contributed by atoms with Gasteiger partial charge in [-0.1, -0.05) is 60.7 Å². The van der Waals surface area contributed by atoms with Crippen LogP contribution in [0.1, 0.15) is 12.8 Å². The van der Waals surface area contributed by atoms with E-state index in [1.54, 1.807) is 0 Å². The van der Waals surface area contributed by atoms with Crippen LogP contribution in [0.2, 0.25) is 0 Å². The molecule has 1 fully saturated rings. The fourth-order valence-corrected chi connectivity index (χ4v) is 4.41. The highest BCUT2D eigenvalue weighted by Crippen LogP contribution is 2.27. The number of benzene rings is 2. The maximum atomic E-state index is 3.60. The smallest absolute Gasteiger partial charge is 0.124 e. The van der Waals surface area contributed by atoms with Gasteiger partial charge in [0.05, 0.1) is 0 Å². The largest absolute Gasteiger partial charge is 0.183 e. The van der Waals surface area contributed by atoms with Crippen LogP contribution in [0.4, 0.5) is 0 Å². The zero-order chi connectivity index (χ0) is 12.2. The molecule has 0 aromatic heterocycles. The van der Waals surface area contributed by atoms with E-state index in [-0.39, 0.29) is 0 Å². The highest BCUT2D eigenvalue weighted by Gasteiger charge is 2.19. The van der Waals surface area contributed by atoms with Crippen molar-refractivity contribution in [2.75, 3.05) is 0 Å². The van der Waals surface area contributed by atoms with Crippen molar-refractivity contribution in [2.24, 2.45) is 5.92 Å². The molecular formula is C17H16Si. The Morgan fingerprint density at radius 2 is 1.28 bits per heavy atom. The van der Waals surface area contributed by atoms with E-state index in [1.165, 1.54) is 23.2 Å². The highest BCUT2D eigenvalue weighted by molar-refractivity contribution is 6.91. The molecule has 0 saturated heterocycles. The Hall–Kier alpha value is -1.78. The summed E-state index contributed by atoms with van der Waals surface area (Å²) in [5.41, 5.74) is 3.60. The van der Waals surface area contributed by atoms with Gasteiger partial charge in [-0.15, -0.1) is 11.5 Å². The third-order valence-corrected chi connectivity index (χ3v) is 5.83. The Morgan fingerprint density at radius 1 is 0.778 bits per heavy atom. The lowest BCUT2D eigenvalue weighted by Crippen LogP contribution is -2.41. The van der Waals surface area contributed by atoms with Gasteiger partial charge in [0.1, 0.15) is 0 Å². The summed E-state index contributed by atoms with van der Waals surface area (Å²) >= 11 is 0. The number of hydrogen-bond donors (Lipinski definition) is 0. The van der Waals surface area contributed by atoms with Crippen molar-refractivity contribution in [1.29, 1.82) is 0 Å². The summed E-state index contributed by atoms with van der Waals surface area (Å²) in [5, 5.41) is 2.86. The summed E-state index contributed by atoms with van der Waals surface area (Å²) in [6.45, 7) is 0. The zero-order valence-electron chi connectivity index (χ0n) is 10.3. The molecule has 2 aromatic rings. The van der Waals surface area contributed by atoms with Crippen molar-refractivity contribution in [2.45, 2.75) is 12.8 Å². The van der Waals surface area contributed by atoms with Gasteiger partial charge in [-0.25, -0.2) is 0 Å². The monoisotopic (exact) mass is 248 g/mol.